The highest BCUT2D eigenvalue weighted by atomic mass is 35.5. The van der Waals surface area contributed by atoms with E-state index in [4.69, 9.17) is 16.6 Å². The van der Waals surface area contributed by atoms with Crippen LogP contribution in [0.3, 0.4) is 0 Å². The van der Waals surface area contributed by atoms with Crippen LogP contribution in [0.4, 0.5) is 0 Å². The topological polar surface area (TPSA) is 104 Å². The van der Waals surface area contributed by atoms with Crippen molar-refractivity contribution >= 4 is 39.6 Å². The lowest BCUT2D eigenvalue weighted by atomic mass is 10.0. The maximum Gasteiger partial charge on any atom is 0.252 e. The lowest BCUT2D eigenvalue weighted by molar-refractivity contribution is 0.0945. The molecule has 0 spiro atoms. The minimum atomic E-state index is -0.329. The molecule has 0 saturated carbocycles. The average Bonchev–Trinajstić information content (AvgIpc) is 3.62. The molecule has 0 fully saturated rings. The molecule has 1 atom stereocenters. The molecule has 3 N–H and O–H groups in total. The first-order chi connectivity index (χ1) is 16.7. The van der Waals surface area contributed by atoms with Gasteiger partial charge in [0.2, 0.25) is 0 Å². The first-order valence-electron chi connectivity index (χ1n) is 10.7. The molecule has 34 heavy (non-hydrogen) atoms. The smallest absolute Gasteiger partial charge is 0.252 e. The van der Waals surface area contributed by atoms with Crippen LogP contribution in [0.15, 0.2) is 73.3 Å². The summed E-state index contributed by atoms with van der Waals surface area (Å²) in [5.74, 6) is 0.529. The van der Waals surface area contributed by atoms with Crippen LogP contribution in [-0.4, -0.2) is 35.4 Å². The summed E-state index contributed by atoms with van der Waals surface area (Å²) < 4.78 is 2.10. The molecular formula is C25H16ClN7O. The Kier molecular flexibility index (Phi) is 3.95. The number of aromatic nitrogens is 6. The molecule has 1 unspecified atom stereocenters. The number of carbonyl (C=O) groups is 1. The van der Waals surface area contributed by atoms with Gasteiger partial charge < -0.3 is 19.9 Å². The van der Waals surface area contributed by atoms with Gasteiger partial charge in [0.05, 0.1) is 34.5 Å². The van der Waals surface area contributed by atoms with Crippen LogP contribution >= 0.6 is 11.6 Å². The summed E-state index contributed by atoms with van der Waals surface area (Å²) in [5, 5.41) is 4.19. The van der Waals surface area contributed by atoms with E-state index in [1.807, 2.05) is 48.7 Å². The van der Waals surface area contributed by atoms with E-state index < -0.39 is 0 Å². The Hall–Kier alpha value is -4.43. The summed E-state index contributed by atoms with van der Waals surface area (Å²) in [4.78, 5) is 33.0. The van der Waals surface area contributed by atoms with Gasteiger partial charge in [-0.05, 0) is 36.4 Å². The predicted octanol–water partition coefficient (Wildman–Crippen LogP) is 4.78. The van der Waals surface area contributed by atoms with E-state index in [2.05, 4.69) is 29.8 Å². The van der Waals surface area contributed by atoms with Gasteiger partial charge in [0.1, 0.15) is 16.6 Å². The quantitative estimate of drug-likeness (QED) is 0.327. The van der Waals surface area contributed by atoms with E-state index in [0.29, 0.717) is 11.2 Å². The van der Waals surface area contributed by atoms with Crippen molar-refractivity contribution in [3.63, 3.8) is 0 Å². The molecule has 0 aliphatic carbocycles. The molecule has 0 radical (unpaired) electrons. The molecular weight excluding hydrogens is 450 g/mol. The number of imidazole rings is 1. The van der Waals surface area contributed by atoms with Crippen LogP contribution in [0.25, 0.3) is 39.1 Å². The molecule has 0 saturated heterocycles. The lowest BCUT2D eigenvalue weighted by Crippen LogP contribution is -2.28. The monoisotopic (exact) mass is 465 g/mol. The van der Waals surface area contributed by atoms with E-state index in [1.165, 1.54) is 0 Å². The highest BCUT2D eigenvalue weighted by Gasteiger charge is 2.33. The maximum atomic E-state index is 13.4. The Morgan fingerprint density at radius 3 is 2.97 bits per heavy atom. The molecule has 1 aliphatic rings. The first-order valence-corrected chi connectivity index (χ1v) is 11.1. The molecule has 6 heterocycles. The van der Waals surface area contributed by atoms with Crippen molar-refractivity contribution < 1.29 is 4.79 Å². The minimum Gasteiger partial charge on any atom is -0.346 e. The molecule has 164 valence electrons. The number of aromatic amines is 2. The average molecular weight is 466 g/mol. The van der Waals surface area contributed by atoms with Crippen molar-refractivity contribution in [3.05, 3.63) is 95.3 Å². The Morgan fingerprint density at radius 2 is 2.06 bits per heavy atom. The van der Waals surface area contributed by atoms with Gasteiger partial charge in [-0.2, -0.15) is 0 Å². The van der Waals surface area contributed by atoms with Gasteiger partial charge >= 0.3 is 0 Å². The minimum absolute atomic E-state index is 0.222. The molecule has 1 amide bonds. The predicted molar refractivity (Wildman–Crippen MR) is 129 cm³/mol. The lowest BCUT2D eigenvalue weighted by Gasteiger charge is -2.15. The van der Waals surface area contributed by atoms with Crippen molar-refractivity contribution in [1.82, 2.24) is 34.8 Å². The van der Waals surface area contributed by atoms with Crippen LogP contribution in [-0.2, 0) is 0 Å². The largest absolute Gasteiger partial charge is 0.346 e. The number of rotatable bonds is 3. The Morgan fingerprint density at radius 1 is 1.12 bits per heavy atom. The van der Waals surface area contributed by atoms with E-state index in [1.54, 1.807) is 24.7 Å². The van der Waals surface area contributed by atoms with Crippen molar-refractivity contribution in [2.24, 2.45) is 0 Å². The van der Waals surface area contributed by atoms with Crippen LogP contribution in [0.5, 0.6) is 0 Å². The van der Waals surface area contributed by atoms with Crippen LogP contribution in [0, 0.1) is 0 Å². The summed E-state index contributed by atoms with van der Waals surface area (Å²) in [5.41, 5.74) is 6.67. The fourth-order valence-electron chi connectivity index (χ4n) is 4.79. The second kappa shape index (κ2) is 7.03. The van der Waals surface area contributed by atoms with Crippen molar-refractivity contribution in [2.75, 3.05) is 0 Å². The first kappa shape index (κ1) is 19.1. The number of hydrogen-bond donors (Lipinski definition) is 3. The summed E-state index contributed by atoms with van der Waals surface area (Å²) in [6.45, 7) is 0. The number of para-hydroxylation sites is 1. The van der Waals surface area contributed by atoms with Crippen LogP contribution in [0.2, 0.25) is 5.15 Å². The van der Waals surface area contributed by atoms with Crippen LogP contribution in [0.1, 0.15) is 27.7 Å². The standard InChI is InChI=1S/C25H16ClN7O/c26-20-11-16(13-6-9-28-23(13)31-20)25(34)32-21-14-3-1-4-15(22(14)33-10-2-5-19(21)33)24-29-17-7-8-27-12-18(17)30-24/h1-12,21H,(H,28,31)(H,29,30)(H,32,34). The zero-order chi connectivity index (χ0) is 22.8. The summed E-state index contributed by atoms with van der Waals surface area (Å²) in [6, 6.07) is 15.0. The molecule has 1 aliphatic heterocycles. The highest BCUT2D eigenvalue weighted by Crippen LogP contribution is 2.41. The number of nitrogens with one attached hydrogen (secondary N) is 3. The van der Waals surface area contributed by atoms with Gasteiger partial charge in [0.15, 0.2) is 0 Å². The van der Waals surface area contributed by atoms with Crippen molar-refractivity contribution in [2.45, 2.75) is 6.04 Å². The molecule has 9 heteroatoms. The van der Waals surface area contributed by atoms with Gasteiger partial charge in [0.25, 0.3) is 5.91 Å². The van der Waals surface area contributed by atoms with Crippen LogP contribution < -0.4 is 5.32 Å². The highest BCUT2D eigenvalue weighted by molar-refractivity contribution is 6.30. The summed E-state index contributed by atoms with van der Waals surface area (Å²) in [7, 11) is 0. The second-order valence-corrected chi connectivity index (χ2v) is 8.55. The summed E-state index contributed by atoms with van der Waals surface area (Å²) >= 11 is 6.18. The third kappa shape index (κ3) is 2.72. The van der Waals surface area contributed by atoms with E-state index in [0.717, 1.165) is 44.8 Å². The number of hydrogen-bond acceptors (Lipinski definition) is 4. The molecule has 7 rings (SSSR count). The molecule has 6 aromatic rings. The summed E-state index contributed by atoms with van der Waals surface area (Å²) in [6.07, 6.45) is 7.24. The molecule has 8 nitrogen and oxygen atoms in total. The van der Waals surface area contributed by atoms with Gasteiger partial charge in [-0.15, -0.1) is 0 Å². The Bertz CT molecular complexity index is 1710. The fourth-order valence-corrected chi connectivity index (χ4v) is 4.98. The number of carbonyl (C=O) groups excluding carboxylic acids is 1. The third-order valence-corrected chi connectivity index (χ3v) is 6.44. The molecule has 1 aromatic carbocycles. The Labute approximate surface area is 197 Å². The molecule has 5 aromatic heterocycles. The number of halogens is 1. The van der Waals surface area contributed by atoms with Gasteiger partial charge in [-0.3, -0.25) is 9.78 Å². The maximum absolute atomic E-state index is 13.4. The zero-order valence-electron chi connectivity index (χ0n) is 17.6. The van der Waals surface area contributed by atoms with E-state index >= 15 is 0 Å². The van der Waals surface area contributed by atoms with Gasteiger partial charge in [-0.25, -0.2) is 9.97 Å². The number of nitrogens with zero attached hydrogens (tertiary/aromatic N) is 4. The number of benzene rings is 1. The number of fused-ring (bicyclic) bond motifs is 5. The fraction of sp³-hybridized carbons (Fsp3) is 0.0400. The number of H-pyrrole nitrogens is 2. The van der Waals surface area contributed by atoms with E-state index in [-0.39, 0.29) is 17.1 Å². The Balaban J connectivity index is 1.34. The van der Waals surface area contributed by atoms with Crippen molar-refractivity contribution in [1.29, 1.82) is 0 Å². The second-order valence-electron chi connectivity index (χ2n) is 8.16. The normalized spacial score (nSPS) is 14.4. The van der Waals surface area contributed by atoms with Crippen molar-refractivity contribution in [3.8, 4) is 17.1 Å². The SMILES string of the molecule is O=C(NC1c2cccc(-c3nc4ccncc4[nH]3)c2-n2cccc21)c1cc(Cl)nc2[nH]ccc12. The number of pyridine rings is 2. The molecule has 0 bridgehead atoms. The van der Waals surface area contributed by atoms with Gasteiger partial charge in [0, 0.05) is 40.8 Å². The van der Waals surface area contributed by atoms with E-state index in [9.17, 15) is 4.79 Å². The number of amides is 1. The van der Waals surface area contributed by atoms with Gasteiger partial charge in [-0.1, -0.05) is 23.7 Å². The third-order valence-electron chi connectivity index (χ3n) is 6.25. The zero-order valence-corrected chi connectivity index (χ0v) is 18.3.